The zero-order valence-corrected chi connectivity index (χ0v) is 15.4. The summed E-state index contributed by atoms with van der Waals surface area (Å²) in [4.78, 5) is 41.1. The third kappa shape index (κ3) is 4.31. The van der Waals surface area contributed by atoms with Crippen molar-refractivity contribution in [3.8, 4) is 0 Å². The zero-order chi connectivity index (χ0) is 18.7. The molecule has 1 aliphatic rings. The van der Waals surface area contributed by atoms with Crippen LogP contribution in [0.2, 0.25) is 0 Å². The molecular formula is C17H28N4O4. The van der Waals surface area contributed by atoms with Crippen LogP contribution in [-0.4, -0.2) is 35.7 Å². The van der Waals surface area contributed by atoms with Crippen molar-refractivity contribution >= 4 is 17.4 Å². The molecule has 1 aliphatic carbocycles. The predicted molar refractivity (Wildman–Crippen MR) is 96.7 cm³/mol. The SMILES string of the molecule is COCCCN(C(=O)[C@H]1C[C@H]1C)c1c(N)n(CC(C)C)c(=O)[nH]c1=O. The van der Waals surface area contributed by atoms with E-state index in [0.717, 1.165) is 6.42 Å². The predicted octanol–water partition coefficient (Wildman–Crippen LogP) is 0.800. The quantitative estimate of drug-likeness (QED) is 0.672. The smallest absolute Gasteiger partial charge is 0.330 e. The summed E-state index contributed by atoms with van der Waals surface area (Å²) >= 11 is 0. The lowest BCUT2D eigenvalue weighted by Gasteiger charge is -2.25. The van der Waals surface area contributed by atoms with Crippen molar-refractivity contribution in [2.24, 2.45) is 17.8 Å². The van der Waals surface area contributed by atoms with Gasteiger partial charge in [0.2, 0.25) is 5.91 Å². The lowest BCUT2D eigenvalue weighted by atomic mass is 10.2. The number of nitrogens with one attached hydrogen (secondary N) is 1. The van der Waals surface area contributed by atoms with Gasteiger partial charge in [0.25, 0.3) is 5.56 Å². The van der Waals surface area contributed by atoms with Gasteiger partial charge in [-0.05, 0) is 24.7 Å². The number of aromatic amines is 1. The van der Waals surface area contributed by atoms with Crippen LogP contribution in [0.4, 0.5) is 11.5 Å². The number of carbonyl (C=O) groups excluding carboxylic acids is 1. The molecule has 8 heteroatoms. The van der Waals surface area contributed by atoms with Crippen molar-refractivity contribution in [3.63, 3.8) is 0 Å². The van der Waals surface area contributed by atoms with Gasteiger partial charge in [-0.2, -0.15) is 0 Å². The van der Waals surface area contributed by atoms with Crippen LogP contribution < -0.4 is 21.9 Å². The van der Waals surface area contributed by atoms with E-state index in [-0.39, 0.29) is 29.2 Å². The van der Waals surface area contributed by atoms with E-state index in [2.05, 4.69) is 4.98 Å². The number of hydrogen-bond donors (Lipinski definition) is 2. The van der Waals surface area contributed by atoms with Gasteiger partial charge in [-0.25, -0.2) is 4.79 Å². The molecule has 8 nitrogen and oxygen atoms in total. The van der Waals surface area contributed by atoms with Crippen molar-refractivity contribution in [3.05, 3.63) is 20.8 Å². The van der Waals surface area contributed by atoms with E-state index in [1.165, 1.54) is 9.47 Å². The van der Waals surface area contributed by atoms with Gasteiger partial charge in [0.05, 0.1) is 0 Å². The Balaban J connectivity index is 2.46. The Kier molecular flexibility index (Phi) is 6.05. The maximum absolute atomic E-state index is 12.8. The summed E-state index contributed by atoms with van der Waals surface area (Å²) in [5.41, 5.74) is 5.04. The van der Waals surface area contributed by atoms with Crippen LogP contribution in [0.1, 0.15) is 33.6 Å². The number of hydrogen-bond acceptors (Lipinski definition) is 5. The topological polar surface area (TPSA) is 110 Å². The van der Waals surface area contributed by atoms with Crippen LogP contribution in [0.5, 0.6) is 0 Å². The molecule has 1 heterocycles. The Bertz CT molecular complexity index is 737. The van der Waals surface area contributed by atoms with Crippen molar-refractivity contribution < 1.29 is 9.53 Å². The third-order valence-corrected chi connectivity index (χ3v) is 4.45. The van der Waals surface area contributed by atoms with E-state index in [4.69, 9.17) is 10.5 Å². The molecule has 1 fully saturated rings. The first kappa shape index (κ1) is 19.2. The molecule has 0 bridgehead atoms. The van der Waals surface area contributed by atoms with Crippen LogP contribution in [-0.2, 0) is 16.1 Å². The maximum Gasteiger partial charge on any atom is 0.330 e. The van der Waals surface area contributed by atoms with Gasteiger partial charge >= 0.3 is 5.69 Å². The number of H-pyrrole nitrogens is 1. The van der Waals surface area contributed by atoms with Crippen molar-refractivity contribution in [2.75, 3.05) is 30.9 Å². The van der Waals surface area contributed by atoms with E-state index >= 15 is 0 Å². The van der Waals surface area contributed by atoms with Crippen LogP contribution in [0.15, 0.2) is 9.59 Å². The number of rotatable bonds is 8. The third-order valence-electron chi connectivity index (χ3n) is 4.45. The summed E-state index contributed by atoms with van der Waals surface area (Å²) in [6.07, 6.45) is 1.38. The van der Waals surface area contributed by atoms with E-state index < -0.39 is 11.2 Å². The number of aromatic nitrogens is 2. The van der Waals surface area contributed by atoms with Gasteiger partial charge < -0.3 is 15.4 Å². The highest BCUT2D eigenvalue weighted by molar-refractivity contribution is 5.98. The van der Waals surface area contributed by atoms with E-state index in [1.807, 2.05) is 20.8 Å². The molecule has 1 amide bonds. The fraction of sp³-hybridized carbons (Fsp3) is 0.706. The number of amides is 1. The van der Waals surface area contributed by atoms with Gasteiger partial charge in [-0.3, -0.25) is 19.1 Å². The number of nitrogen functional groups attached to an aromatic ring is 1. The summed E-state index contributed by atoms with van der Waals surface area (Å²) in [6, 6.07) is 0. The first-order valence-corrected chi connectivity index (χ1v) is 8.70. The lowest BCUT2D eigenvalue weighted by Crippen LogP contribution is -2.43. The number of anilines is 2. The fourth-order valence-corrected chi connectivity index (χ4v) is 2.95. The molecule has 140 valence electrons. The van der Waals surface area contributed by atoms with E-state index in [0.29, 0.717) is 32.0 Å². The van der Waals surface area contributed by atoms with E-state index in [9.17, 15) is 14.4 Å². The van der Waals surface area contributed by atoms with Gasteiger partial charge in [0.15, 0.2) is 5.69 Å². The van der Waals surface area contributed by atoms with Crippen LogP contribution >= 0.6 is 0 Å². The van der Waals surface area contributed by atoms with Crippen LogP contribution in [0.3, 0.4) is 0 Å². The minimum atomic E-state index is -0.624. The number of nitrogens with zero attached hydrogens (tertiary/aromatic N) is 2. The molecule has 2 rings (SSSR count). The minimum Gasteiger partial charge on any atom is -0.385 e. The average Bonchev–Trinajstić information content (AvgIpc) is 3.26. The molecule has 3 N–H and O–H groups in total. The molecule has 25 heavy (non-hydrogen) atoms. The number of methoxy groups -OCH3 is 1. The summed E-state index contributed by atoms with van der Waals surface area (Å²) < 4.78 is 6.38. The van der Waals surface area contributed by atoms with Gasteiger partial charge in [0, 0.05) is 32.7 Å². The highest BCUT2D eigenvalue weighted by atomic mass is 16.5. The second-order valence-corrected chi connectivity index (χ2v) is 7.15. The van der Waals surface area contributed by atoms with Crippen LogP contribution in [0, 0.1) is 17.8 Å². The molecule has 2 atom stereocenters. The molecule has 1 aromatic rings. The number of nitrogens with two attached hydrogens (primary N) is 1. The Morgan fingerprint density at radius 1 is 1.44 bits per heavy atom. The molecule has 0 radical (unpaired) electrons. The molecule has 0 spiro atoms. The lowest BCUT2D eigenvalue weighted by molar-refractivity contribution is -0.120. The van der Waals surface area contributed by atoms with Gasteiger partial charge in [0.1, 0.15) is 5.82 Å². The Morgan fingerprint density at radius 3 is 2.60 bits per heavy atom. The highest BCUT2D eigenvalue weighted by Gasteiger charge is 2.42. The second kappa shape index (κ2) is 7.86. The largest absolute Gasteiger partial charge is 0.385 e. The molecule has 0 saturated heterocycles. The maximum atomic E-state index is 12.8. The van der Waals surface area contributed by atoms with E-state index in [1.54, 1.807) is 7.11 Å². The number of ether oxygens (including phenoxy) is 1. The first-order valence-electron chi connectivity index (χ1n) is 8.70. The normalized spacial score (nSPS) is 19.2. The Labute approximate surface area is 147 Å². The van der Waals surface area contributed by atoms with Crippen LogP contribution in [0.25, 0.3) is 0 Å². The van der Waals surface area contributed by atoms with Crippen molar-refractivity contribution in [1.29, 1.82) is 0 Å². The molecule has 1 aromatic heterocycles. The van der Waals surface area contributed by atoms with Crippen molar-refractivity contribution in [2.45, 2.75) is 40.2 Å². The highest BCUT2D eigenvalue weighted by Crippen LogP contribution is 2.40. The fourth-order valence-electron chi connectivity index (χ4n) is 2.95. The zero-order valence-electron chi connectivity index (χ0n) is 15.4. The summed E-state index contributed by atoms with van der Waals surface area (Å²) in [5.74, 6) is 0.308. The number of carbonyl (C=O) groups is 1. The van der Waals surface area contributed by atoms with Gasteiger partial charge in [-0.15, -0.1) is 0 Å². The Hall–Kier alpha value is -2.09. The summed E-state index contributed by atoms with van der Waals surface area (Å²) in [5, 5.41) is 0. The summed E-state index contributed by atoms with van der Waals surface area (Å²) in [6.45, 7) is 7.06. The van der Waals surface area contributed by atoms with Gasteiger partial charge in [-0.1, -0.05) is 20.8 Å². The molecule has 0 unspecified atom stereocenters. The minimum absolute atomic E-state index is 0.0431. The molecule has 0 aromatic carbocycles. The average molecular weight is 352 g/mol. The standard InChI is InChI=1S/C17H28N4O4/c1-10(2)9-21-14(18)13(15(22)19-17(21)24)20(6-5-7-25-4)16(23)12-8-11(12)3/h10-12H,5-9,18H2,1-4H3,(H,19,22,24)/t11-,12+/m1/s1. The molecular weight excluding hydrogens is 324 g/mol. The Morgan fingerprint density at radius 2 is 2.08 bits per heavy atom. The first-order chi connectivity index (χ1) is 11.8. The second-order valence-electron chi connectivity index (χ2n) is 7.15. The molecule has 1 saturated carbocycles. The van der Waals surface area contributed by atoms with Crippen molar-refractivity contribution in [1.82, 2.24) is 9.55 Å². The monoisotopic (exact) mass is 352 g/mol. The molecule has 0 aliphatic heterocycles. The summed E-state index contributed by atoms with van der Waals surface area (Å²) in [7, 11) is 1.58.